The van der Waals surface area contributed by atoms with Crippen molar-refractivity contribution < 1.29 is 14.1 Å². The number of nitrogens with zero attached hydrogens (tertiary/aromatic N) is 2. The summed E-state index contributed by atoms with van der Waals surface area (Å²) in [6.45, 7) is 3.94. The van der Waals surface area contributed by atoms with E-state index in [0.29, 0.717) is 12.5 Å². The molecule has 0 aliphatic heterocycles. The first-order chi connectivity index (χ1) is 8.20. The van der Waals surface area contributed by atoms with E-state index in [2.05, 4.69) is 10.1 Å². The largest absolute Gasteiger partial charge is 0.494 e. The van der Waals surface area contributed by atoms with Crippen molar-refractivity contribution in [3.05, 3.63) is 30.1 Å². The molecule has 5 nitrogen and oxygen atoms in total. The Bertz CT molecular complexity index is 517. The van der Waals surface area contributed by atoms with Crippen molar-refractivity contribution in [2.24, 2.45) is 0 Å². The zero-order valence-corrected chi connectivity index (χ0v) is 9.64. The van der Waals surface area contributed by atoms with Crippen molar-refractivity contribution in [1.29, 1.82) is 0 Å². The van der Waals surface area contributed by atoms with Crippen LogP contribution in [0.2, 0.25) is 0 Å². The number of hydrogen-bond acceptors (Lipinski definition) is 5. The Labute approximate surface area is 98.4 Å². The van der Waals surface area contributed by atoms with E-state index in [0.717, 1.165) is 11.3 Å². The maximum Gasteiger partial charge on any atom is 0.258 e. The Kier molecular flexibility index (Phi) is 3.18. The van der Waals surface area contributed by atoms with Gasteiger partial charge in [-0.05, 0) is 31.2 Å². The topological polar surface area (TPSA) is 65.2 Å². The molecule has 0 amide bonds. The highest BCUT2D eigenvalue weighted by molar-refractivity contribution is 5.90. The molecule has 0 fully saturated rings. The van der Waals surface area contributed by atoms with Gasteiger partial charge in [0, 0.05) is 12.5 Å². The Balaban J connectivity index is 2.23. The van der Waals surface area contributed by atoms with Gasteiger partial charge in [-0.3, -0.25) is 4.79 Å². The molecule has 0 bridgehead atoms. The van der Waals surface area contributed by atoms with Gasteiger partial charge in [-0.15, -0.1) is 0 Å². The predicted octanol–water partition coefficient (Wildman–Crippen LogP) is 2.34. The smallest absolute Gasteiger partial charge is 0.258 e. The fraction of sp³-hybridized carbons (Fsp3) is 0.250. The normalized spacial score (nSPS) is 10.2. The molecule has 0 N–H and O–H groups in total. The van der Waals surface area contributed by atoms with Crippen LogP contribution in [0.5, 0.6) is 5.75 Å². The summed E-state index contributed by atoms with van der Waals surface area (Å²) in [6, 6.07) is 7.25. The van der Waals surface area contributed by atoms with E-state index in [1.807, 2.05) is 31.2 Å². The number of rotatable bonds is 4. The van der Waals surface area contributed by atoms with Gasteiger partial charge >= 0.3 is 0 Å². The number of benzene rings is 1. The first-order valence-corrected chi connectivity index (χ1v) is 5.28. The summed E-state index contributed by atoms with van der Waals surface area (Å²) in [5.74, 6) is 0.987. The van der Waals surface area contributed by atoms with E-state index in [9.17, 15) is 4.79 Å². The molecular formula is C12H12N2O3. The van der Waals surface area contributed by atoms with Crippen molar-refractivity contribution in [2.45, 2.75) is 13.8 Å². The number of Topliss-reactive ketones (excluding diaryl/α,β-unsaturated/α-hetero) is 1. The SMILES string of the molecule is CCOc1ccc(-c2nc(C(C)=O)no2)cc1. The van der Waals surface area contributed by atoms with Gasteiger partial charge in [-0.25, -0.2) is 0 Å². The molecule has 0 unspecified atom stereocenters. The first-order valence-electron chi connectivity index (χ1n) is 5.28. The Morgan fingerprint density at radius 2 is 2.06 bits per heavy atom. The second-order valence-electron chi connectivity index (χ2n) is 3.44. The van der Waals surface area contributed by atoms with Crippen LogP contribution in [0.4, 0.5) is 0 Å². The van der Waals surface area contributed by atoms with Crippen LogP contribution >= 0.6 is 0 Å². The van der Waals surface area contributed by atoms with Crippen LogP contribution in [0.3, 0.4) is 0 Å². The summed E-state index contributed by atoms with van der Waals surface area (Å²) in [5, 5.41) is 3.58. The Hall–Kier alpha value is -2.17. The van der Waals surface area contributed by atoms with Gasteiger partial charge in [0.15, 0.2) is 0 Å². The average molecular weight is 232 g/mol. The molecule has 1 aromatic heterocycles. The maximum atomic E-state index is 11.0. The average Bonchev–Trinajstić information content (AvgIpc) is 2.80. The van der Waals surface area contributed by atoms with Crippen molar-refractivity contribution in [3.63, 3.8) is 0 Å². The molecule has 0 aliphatic rings. The molecule has 2 rings (SSSR count). The molecule has 1 heterocycles. The van der Waals surface area contributed by atoms with Crippen LogP contribution in [-0.2, 0) is 0 Å². The van der Waals surface area contributed by atoms with Crippen molar-refractivity contribution >= 4 is 5.78 Å². The van der Waals surface area contributed by atoms with E-state index in [1.165, 1.54) is 6.92 Å². The van der Waals surface area contributed by atoms with E-state index >= 15 is 0 Å². The Morgan fingerprint density at radius 3 is 2.59 bits per heavy atom. The van der Waals surface area contributed by atoms with Crippen LogP contribution in [0, 0.1) is 0 Å². The zero-order valence-electron chi connectivity index (χ0n) is 9.64. The summed E-state index contributed by atoms with van der Waals surface area (Å²) < 4.78 is 10.3. The molecule has 0 aliphatic carbocycles. The minimum atomic E-state index is -0.217. The molecule has 0 radical (unpaired) electrons. The molecule has 0 saturated heterocycles. The third-order valence-corrected chi connectivity index (χ3v) is 2.15. The lowest BCUT2D eigenvalue weighted by atomic mass is 10.2. The summed E-state index contributed by atoms with van der Waals surface area (Å²) in [5.41, 5.74) is 0.758. The van der Waals surface area contributed by atoms with Gasteiger partial charge in [0.2, 0.25) is 11.6 Å². The van der Waals surface area contributed by atoms with Crippen LogP contribution in [0.25, 0.3) is 11.5 Å². The van der Waals surface area contributed by atoms with Crippen molar-refractivity contribution in [1.82, 2.24) is 10.1 Å². The lowest BCUT2D eigenvalue weighted by Crippen LogP contribution is -1.94. The van der Waals surface area contributed by atoms with E-state index in [-0.39, 0.29) is 11.6 Å². The molecular weight excluding hydrogens is 220 g/mol. The summed E-state index contributed by atoms with van der Waals surface area (Å²) >= 11 is 0. The fourth-order valence-electron chi connectivity index (χ4n) is 1.34. The number of carbonyl (C=O) groups excluding carboxylic acids is 1. The molecule has 2 aromatic rings. The van der Waals surface area contributed by atoms with Crippen molar-refractivity contribution in [3.8, 4) is 17.2 Å². The van der Waals surface area contributed by atoms with Crippen molar-refractivity contribution in [2.75, 3.05) is 6.61 Å². The lowest BCUT2D eigenvalue weighted by molar-refractivity contribution is 0.100. The molecule has 0 saturated carbocycles. The van der Waals surface area contributed by atoms with Gasteiger partial charge in [-0.1, -0.05) is 5.16 Å². The number of hydrogen-bond donors (Lipinski definition) is 0. The van der Waals surface area contributed by atoms with Crippen LogP contribution in [-0.4, -0.2) is 22.5 Å². The van der Waals surface area contributed by atoms with Gasteiger partial charge in [0.1, 0.15) is 5.75 Å². The zero-order chi connectivity index (χ0) is 12.3. The van der Waals surface area contributed by atoms with Gasteiger partial charge < -0.3 is 9.26 Å². The molecule has 1 aromatic carbocycles. The second kappa shape index (κ2) is 4.78. The van der Waals surface area contributed by atoms with Gasteiger partial charge in [0.25, 0.3) is 5.89 Å². The molecule has 0 atom stereocenters. The third kappa shape index (κ3) is 2.50. The van der Waals surface area contributed by atoms with E-state index < -0.39 is 0 Å². The lowest BCUT2D eigenvalue weighted by Gasteiger charge is -2.01. The monoisotopic (exact) mass is 232 g/mol. The van der Waals surface area contributed by atoms with Gasteiger partial charge in [-0.2, -0.15) is 4.98 Å². The predicted molar refractivity (Wildman–Crippen MR) is 60.9 cm³/mol. The van der Waals surface area contributed by atoms with Crippen LogP contribution in [0.1, 0.15) is 24.5 Å². The first kappa shape index (κ1) is 11.3. The van der Waals surface area contributed by atoms with Crippen LogP contribution in [0.15, 0.2) is 28.8 Å². The molecule has 0 spiro atoms. The highest BCUT2D eigenvalue weighted by atomic mass is 16.5. The number of carbonyl (C=O) groups is 1. The van der Waals surface area contributed by atoms with Crippen LogP contribution < -0.4 is 4.74 Å². The third-order valence-electron chi connectivity index (χ3n) is 2.15. The number of ether oxygens (including phenoxy) is 1. The summed E-state index contributed by atoms with van der Waals surface area (Å²) in [4.78, 5) is 15.0. The summed E-state index contributed by atoms with van der Waals surface area (Å²) in [6.07, 6.45) is 0. The minimum Gasteiger partial charge on any atom is -0.494 e. The van der Waals surface area contributed by atoms with Gasteiger partial charge in [0.05, 0.1) is 6.61 Å². The number of ketones is 1. The standard InChI is InChI=1S/C12H12N2O3/c1-3-16-10-6-4-9(5-7-10)12-13-11(8(2)15)14-17-12/h4-7H,3H2,1-2H3. The molecule has 17 heavy (non-hydrogen) atoms. The van der Waals surface area contributed by atoms with E-state index in [1.54, 1.807) is 0 Å². The molecule has 5 heteroatoms. The maximum absolute atomic E-state index is 11.0. The molecule has 88 valence electrons. The second-order valence-corrected chi connectivity index (χ2v) is 3.44. The van der Waals surface area contributed by atoms with E-state index in [4.69, 9.17) is 9.26 Å². The highest BCUT2D eigenvalue weighted by Crippen LogP contribution is 2.20. The number of aromatic nitrogens is 2. The minimum absolute atomic E-state index is 0.0916. The summed E-state index contributed by atoms with van der Waals surface area (Å²) in [7, 11) is 0. The fourth-order valence-corrected chi connectivity index (χ4v) is 1.34. The Morgan fingerprint density at radius 1 is 1.35 bits per heavy atom. The quantitative estimate of drug-likeness (QED) is 0.757. The highest BCUT2D eigenvalue weighted by Gasteiger charge is 2.11.